The first-order chi connectivity index (χ1) is 9.39. The van der Waals surface area contributed by atoms with Gasteiger partial charge >= 0.3 is 0 Å². The van der Waals surface area contributed by atoms with Gasteiger partial charge in [0.2, 0.25) is 15.9 Å². The maximum absolute atomic E-state index is 12.3. The quantitative estimate of drug-likeness (QED) is 0.820. The Labute approximate surface area is 120 Å². The fourth-order valence-corrected chi connectivity index (χ4v) is 4.10. The van der Waals surface area contributed by atoms with Crippen molar-refractivity contribution < 1.29 is 17.9 Å². The molecule has 0 spiro atoms. The largest absolute Gasteiger partial charge is 0.376 e. The average Bonchev–Trinajstić information content (AvgIpc) is 2.91. The molecule has 0 unspecified atom stereocenters. The van der Waals surface area contributed by atoms with Gasteiger partial charge in [0.05, 0.1) is 18.4 Å². The van der Waals surface area contributed by atoms with Crippen molar-refractivity contribution in [3.8, 4) is 0 Å². The van der Waals surface area contributed by atoms with E-state index in [0.717, 1.165) is 32.3 Å². The van der Waals surface area contributed by atoms with Crippen LogP contribution in [0.3, 0.4) is 0 Å². The zero-order valence-corrected chi connectivity index (χ0v) is 13.0. The van der Waals surface area contributed by atoms with Crippen LogP contribution in [-0.2, 0) is 19.6 Å². The molecule has 0 aromatic heterocycles. The molecule has 0 aromatic carbocycles. The molecule has 7 heteroatoms. The van der Waals surface area contributed by atoms with Gasteiger partial charge in [-0.1, -0.05) is 6.42 Å². The molecule has 2 fully saturated rings. The highest BCUT2D eigenvalue weighted by atomic mass is 32.2. The van der Waals surface area contributed by atoms with Crippen LogP contribution in [-0.4, -0.2) is 56.2 Å². The first-order valence-electron chi connectivity index (χ1n) is 7.28. The van der Waals surface area contributed by atoms with E-state index in [4.69, 9.17) is 4.74 Å². The van der Waals surface area contributed by atoms with Crippen LogP contribution in [0.5, 0.6) is 0 Å². The van der Waals surface area contributed by atoms with Gasteiger partial charge in [-0.05, 0) is 32.6 Å². The Morgan fingerprint density at radius 3 is 2.65 bits per heavy atom. The van der Waals surface area contributed by atoms with Gasteiger partial charge in [0.1, 0.15) is 6.04 Å². The van der Waals surface area contributed by atoms with Gasteiger partial charge in [-0.15, -0.1) is 0 Å². The van der Waals surface area contributed by atoms with Crippen molar-refractivity contribution >= 4 is 15.9 Å². The summed E-state index contributed by atoms with van der Waals surface area (Å²) in [6.07, 6.45) is 5.48. The van der Waals surface area contributed by atoms with Crippen molar-refractivity contribution in [1.82, 2.24) is 9.62 Å². The summed E-state index contributed by atoms with van der Waals surface area (Å²) in [4.78, 5) is 12.3. The number of ether oxygens (including phenoxy) is 1. The van der Waals surface area contributed by atoms with Crippen LogP contribution in [0, 0.1) is 0 Å². The number of carbonyl (C=O) groups is 1. The molecule has 0 aromatic rings. The summed E-state index contributed by atoms with van der Waals surface area (Å²) >= 11 is 0. The number of nitrogens with zero attached hydrogens (tertiary/aromatic N) is 1. The van der Waals surface area contributed by atoms with Crippen LogP contribution in [0.25, 0.3) is 0 Å². The van der Waals surface area contributed by atoms with Crippen LogP contribution in [0.1, 0.15) is 39.0 Å². The van der Waals surface area contributed by atoms with Crippen LogP contribution < -0.4 is 5.32 Å². The summed E-state index contributed by atoms with van der Waals surface area (Å²) in [5.74, 6) is -0.196. The molecule has 20 heavy (non-hydrogen) atoms. The monoisotopic (exact) mass is 304 g/mol. The first-order valence-corrected chi connectivity index (χ1v) is 9.13. The number of rotatable bonds is 4. The molecule has 1 amide bonds. The summed E-state index contributed by atoms with van der Waals surface area (Å²) in [5.41, 5.74) is 0. The summed E-state index contributed by atoms with van der Waals surface area (Å²) in [5, 5.41) is 2.92. The lowest BCUT2D eigenvalue weighted by Crippen LogP contribution is -2.54. The zero-order valence-electron chi connectivity index (χ0n) is 12.2. The normalized spacial score (nSPS) is 30.1. The Bertz CT molecular complexity index is 445. The Morgan fingerprint density at radius 1 is 1.30 bits per heavy atom. The standard InChI is InChI=1S/C13H24N2O4S/c1-10(12-7-5-9-19-12)14-13(16)11-6-3-4-8-15(11)20(2,17)18/h10-12H,3-9H2,1-2H3,(H,14,16)/t10-,11-,12+/m0/s1. The predicted molar refractivity (Wildman–Crippen MR) is 75.8 cm³/mol. The van der Waals surface area contributed by atoms with E-state index < -0.39 is 16.1 Å². The number of piperidine rings is 1. The molecule has 2 aliphatic heterocycles. The molecule has 0 bridgehead atoms. The fraction of sp³-hybridized carbons (Fsp3) is 0.923. The van der Waals surface area contributed by atoms with Crippen LogP contribution in [0.15, 0.2) is 0 Å². The maximum Gasteiger partial charge on any atom is 0.238 e. The Balaban J connectivity index is 1.98. The molecular weight excluding hydrogens is 280 g/mol. The minimum atomic E-state index is -3.33. The number of sulfonamides is 1. The number of carbonyl (C=O) groups excluding carboxylic acids is 1. The second kappa shape index (κ2) is 6.41. The van der Waals surface area contributed by atoms with Gasteiger partial charge in [0.15, 0.2) is 0 Å². The van der Waals surface area contributed by atoms with E-state index in [1.165, 1.54) is 10.6 Å². The van der Waals surface area contributed by atoms with E-state index in [0.29, 0.717) is 13.0 Å². The predicted octanol–water partition coefficient (Wildman–Crippen LogP) is 0.484. The van der Waals surface area contributed by atoms with Crippen LogP contribution in [0.2, 0.25) is 0 Å². The van der Waals surface area contributed by atoms with Crippen molar-refractivity contribution in [3.63, 3.8) is 0 Å². The molecule has 0 radical (unpaired) electrons. The third kappa shape index (κ3) is 3.71. The molecule has 2 aliphatic rings. The SMILES string of the molecule is C[C@H](NC(=O)[C@@H]1CCCCN1S(C)(=O)=O)[C@H]1CCCO1. The van der Waals surface area contributed by atoms with E-state index in [9.17, 15) is 13.2 Å². The molecular formula is C13H24N2O4S. The number of hydrogen-bond acceptors (Lipinski definition) is 4. The fourth-order valence-electron chi connectivity index (χ4n) is 2.97. The zero-order chi connectivity index (χ0) is 14.8. The van der Waals surface area contributed by atoms with Crippen LogP contribution in [0.4, 0.5) is 0 Å². The van der Waals surface area contributed by atoms with Gasteiger partial charge in [-0.25, -0.2) is 8.42 Å². The Hall–Kier alpha value is -0.660. The lowest BCUT2D eigenvalue weighted by atomic mass is 10.0. The molecule has 2 rings (SSSR count). The van der Waals surface area contributed by atoms with Crippen molar-refractivity contribution in [3.05, 3.63) is 0 Å². The number of nitrogens with one attached hydrogen (secondary N) is 1. The van der Waals surface area contributed by atoms with E-state index >= 15 is 0 Å². The van der Waals surface area contributed by atoms with Gasteiger partial charge in [-0.3, -0.25) is 4.79 Å². The molecule has 2 saturated heterocycles. The van der Waals surface area contributed by atoms with Crippen molar-refractivity contribution in [1.29, 1.82) is 0 Å². The number of hydrogen-bond donors (Lipinski definition) is 1. The molecule has 1 N–H and O–H groups in total. The minimum absolute atomic E-state index is 0.0502. The van der Waals surface area contributed by atoms with Crippen molar-refractivity contribution in [2.45, 2.75) is 57.2 Å². The lowest BCUT2D eigenvalue weighted by Gasteiger charge is -2.33. The van der Waals surface area contributed by atoms with Gasteiger partial charge in [-0.2, -0.15) is 4.31 Å². The summed E-state index contributed by atoms with van der Waals surface area (Å²) in [7, 11) is -3.33. The molecule has 6 nitrogen and oxygen atoms in total. The van der Waals surface area contributed by atoms with E-state index in [2.05, 4.69) is 5.32 Å². The van der Waals surface area contributed by atoms with E-state index in [-0.39, 0.29) is 18.1 Å². The summed E-state index contributed by atoms with van der Waals surface area (Å²) in [6, 6.07) is -0.643. The second-order valence-corrected chi connectivity index (χ2v) is 7.67. The van der Waals surface area contributed by atoms with E-state index in [1.807, 2.05) is 6.92 Å². The smallest absolute Gasteiger partial charge is 0.238 e. The molecule has 0 aliphatic carbocycles. The van der Waals surface area contributed by atoms with Gasteiger partial charge in [0, 0.05) is 13.2 Å². The summed E-state index contributed by atoms with van der Waals surface area (Å²) in [6.45, 7) is 3.09. The molecule has 116 valence electrons. The Morgan fingerprint density at radius 2 is 2.05 bits per heavy atom. The first kappa shape index (κ1) is 15.7. The molecule has 3 atom stereocenters. The highest BCUT2D eigenvalue weighted by Gasteiger charge is 2.35. The number of amides is 1. The Kier molecular flexibility index (Phi) is 5.04. The van der Waals surface area contributed by atoms with E-state index in [1.54, 1.807) is 0 Å². The average molecular weight is 304 g/mol. The summed E-state index contributed by atoms with van der Waals surface area (Å²) < 4.78 is 30.4. The topological polar surface area (TPSA) is 75.7 Å². The highest BCUT2D eigenvalue weighted by Crippen LogP contribution is 2.21. The van der Waals surface area contributed by atoms with Gasteiger partial charge < -0.3 is 10.1 Å². The third-order valence-corrected chi connectivity index (χ3v) is 5.36. The third-order valence-electron chi connectivity index (χ3n) is 4.07. The van der Waals surface area contributed by atoms with Crippen molar-refractivity contribution in [2.75, 3.05) is 19.4 Å². The maximum atomic E-state index is 12.3. The lowest BCUT2D eigenvalue weighted by molar-refractivity contribution is -0.127. The second-order valence-electron chi connectivity index (χ2n) is 5.73. The van der Waals surface area contributed by atoms with Gasteiger partial charge in [0.25, 0.3) is 0 Å². The van der Waals surface area contributed by atoms with Crippen LogP contribution >= 0.6 is 0 Å². The van der Waals surface area contributed by atoms with Crippen molar-refractivity contribution in [2.24, 2.45) is 0 Å². The highest BCUT2D eigenvalue weighted by molar-refractivity contribution is 7.88. The minimum Gasteiger partial charge on any atom is -0.376 e. The molecule has 2 heterocycles. The molecule has 0 saturated carbocycles.